The number of aromatic nitrogens is 1. The highest BCUT2D eigenvalue weighted by Crippen LogP contribution is 2.29. The van der Waals surface area contributed by atoms with Crippen LogP contribution in [-0.4, -0.2) is 40.1 Å². The molecular weight excluding hydrogens is 350 g/mol. The number of carbonyl (C=O) groups is 1. The number of amides is 1. The maximum Gasteiger partial charge on any atom is 0.254 e. The molecule has 0 aliphatic carbocycles. The fourth-order valence-corrected chi connectivity index (χ4v) is 3.61. The van der Waals surface area contributed by atoms with Gasteiger partial charge in [0.2, 0.25) is 0 Å². The number of aliphatic hydroxyl groups excluding tert-OH is 1. The van der Waals surface area contributed by atoms with Crippen molar-refractivity contribution in [3.63, 3.8) is 0 Å². The number of fused-ring (bicyclic) bond motifs is 1. The van der Waals surface area contributed by atoms with Gasteiger partial charge >= 0.3 is 0 Å². The standard InChI is InChI=1S/C21H18F2N2O2/c22-14-8-6-13(7-9-14)19-11-17(16-4-1-5-18(23)20(16)24-19)21(27)25-10-2-3-15(25)12-26/h1,4-9,11,15,26H,2-3,10,12H2/t15-/m0/s1. The van der Waals surface area contributed by atoms with E-state index in [1.54, 1.807) is 35.2 Å². The Balaban J connectivity index is 1.89. The molecule has 1 aliphatic heterocycles. The number of rotatable bonds is 3. The van der Waals surface area contributed by atoms with Gasteiger partial charge in [-0.25, -0.2) is 13.8 Å². The zero-order valence-corrected chi connectivity index (χ0v) is 14.5. The van der Waals surface area contributed by atoms with E-state index in [1.807, 2.05) is 0 Å². The normalized spacial score (nSPS) is 16.9. The van der Waals surface area contributed by atoms with Crippen molar-refractivity contribution in [3.05, 3.63) is 65.7 Å². The molecule has 0 radical (unpaired) electrons. The molecular formula is C21H18F2N2O2. The molecule has 138 valence electrons. The summed E-state index contributed by atoms with van der Waals surface area (Å²) >= 11 is 0. The van der Waals surface area contributed by atoms with E-state index in [-0.39, 0.29) is 29.9 Å². The molecule has 0 saturated carbocycles. The van der Waals surface area contributed by atoms with Crippen LogP contribution in [0.1, 0.15) is 23.2 Å². The molecule has 1 fully saturated rings. The number of benzene rings is 2. The van der Waals surface area contributed by atoms with E-state index in [4.69, 9.17) is 0 Å². The van der Waals surface area contributed by atoms with Crippen LogP contribution in [0.4, 0.5) is 8.78 Å². The molecule has 2 aromatic carbocycles. The lowest BCUT2D eigenvalue weighted by molar-refractivity contribution is 0.0679. The second-order valence-electron chi connectivity index (χ2n) is 6.68. The number of hydrogen-bond acceptors (Lipinski definition) is 3. The van der Waals surface area contributed by atoms with Gasteiger partial charge in [-0.3, -0.25) is 4.79 Å². The van der Waals surface area contributed by atoms with E-state index in [0.29, 0.717) is 28.8 Å². The van der Waals surface area contributed by atoms with Gasteiger partial charge in [-0.05, 0) is 49.2 Å². The van der Waals surface area contributed by atoms with Crippen LogP contribution in [0, 0.1) is 11.6 Å². The minimum atomic E-state index is -0.523. The van der Waals surface area contributed by atoms with E-state index >= 15 is 0 Å². The summed E-state index contributed by atoms with van der Waals surface area (Å²) in [5.74, 6) is -1.16. The quantitative estimate of drug-likeness (QED) is 0.766. The van der Waals surface area contributed by atoms with Crippen LogP contribution < -0.4 is 0 Å². The van der Waals surface area contributed by atoms with Crippen LogP contribution in [-0.2, 0) is 0 Å². The van der Waals surface area contributed by atoms with Crippen LogP contribution >= 0.6 is 0 Å². The Morgan fingerprint density at radius 1 is 1.19 bits per heavy atom. The maximum atomic E-state index is 14.4. The summed E-state index contributed by atoms with van der Waals surface area (Å²) in [4.78, 5) is 19.2. The smallest absolute Gasteiger partial charge is 0.254 e. The first-order chi connectivity index (χ1) is 13.1. The third-order valence-electron chi connectivity index (χ3n) is 5.01. The van der Waals surface area contributed by atoms with Gasteiger partial charge in [0.15, 0.2) is 0 Å². The van der Waals surface area contributed by atoms with Crippen molar-refractivity contribution in [1.82, 2.24) is 9.88 Å². The lowest BCUT2D eigenvalue weighted by Gasteiger charge is -2.24. The first-order valence-corrected chi connectivity index (χ1v) is 8.85. The third kappa shape index (κ3) is 3.17. The number of hydrogen-bond donors (Lipinski definition) is 1. The van der Waals surface area contributed by atoms with E-state index < -0.39 is 5.82 Å². The number of likely N-dealkylation sites (tertiary alicyclic amines) is 1. The van der Waals surface area contributed by atoms with Crippen molar-refractivity contribution in [1.29, 1.82) is 0 Å². The fourth-order valence-electron chi connectivity index (χ4n) is 3.61. The Hall–Kier alpha value is -2.86. The van der Waals surface area contributed by atoms with Crippen LogP contribution in [0.15, 0.2) is 48.5 Å². The average Bonchev–Trinajstić information content (AvgIpc) is 3.16. The predicted molar refractivity (Wildman–Crippen MR) is 98.2 cm³/mol. The number of para-hydroxylation sites is 1. The van der Waals surface area contributed by atoms with Crippen LogP contribution in [0.5, 0.6) is 0 Å². The van der Waals surface area contributed by atoms with Gasteiger partial charge in [0.25, 0.3) is 5.91 Å². The lowest BCUT2D eigenvalue weighted by Crippen LogP contribution is -2.37. The van der Waals surface area contributed by atoms with Gasteiger partial charge in [-0.1, -0.05) is 12.1 Å². The second kappa shape index (κ2) is 7.04. The molecule has 1 aromatic heterocycles. The Labute approximate surface area is 155 Å². The molecule has 4 nitrogen and oxygen atoms in total. The van der Waals surface area contributed by atoms with Gasteiger partial charge in [0, 0.05) is 17.5 Å². The van der Waals surface area contributed by atoms with Crippen molar-refractivity contribution in [2.24, 2.45) is 0 Å². The Morgan fingerprint density at radius 3 is 2.70 bits per heavy atom. The first kappa shape index (κ1) is 17.5. The summed E-state index contributed by atoms with van der Waals surface area (Å²) in [6, 6.07) is 11.6. The van der Waals surface area contributed by atoms with Gasteiger partial charge in [0.05, 0.1) is 23.9 Å². The maximum absolute atomic E-state index is 14.4. The predicted octanol–water partition coefficient (Wildman–Crippen LogP) is 3.78. The topological polar surface area (TPSA) is 53.4 Å². The molecule has 0 unspecified atom stereocenters. The fraction of sp³-hybridized carbons (Fsp3) is 0.238. The number of carbonyl (C=O) groups excluding carboxylic acids is 1. The third-order valence-corrected chi connectivity index (χ3v) is 5.01. The molecule has 27 heavy (non-hydrogen) atoms. The van der Waals surface area contributed by atoms with Gasteiger partial charge in [0.1, 0.15) is 17.2 Å². The van der Waals surface area contributed by atoms with Crippen molar-refractivity contribution in [2.45, 2.75) is 18.9 Å². The number of pyridine rings is 1. The molecule has 4 rings (SSSR count). The SMILES string of the molecule is O=C(c1cc(-c2ccc(F)cc2)nc2c(F)cccc12)N1CCC[C@H]1CO. The van der Waals surface area contributed by atoms with Crippen molar-refractivity contribution < 1.29 is 18.7 Å². The monoisotopic (exact) mass is 368 g/mol. The molecule has 0 spiro atoms. The highest BCUT2D eigenvalue weighted by atomic mass is 19.1. The molecule has 2 heterocycles. The Kier molecular flexibility index (Phi) is 4.58. The highest BCUT2D eigenvalue weighted by Gasteiger charge is 2.30. The van der Waals surface area contributed by atoms with Crippen molar-refractivity contribution >= 4 is 16.8 Å². The zero-order chi connectivity index (χ0) is 19.0. The summed E-state index contributed by atoms with van der Waals surface area (Å²) in [6.07, 6.45) is 1.56. The van der Waals surface area contributed by atoms with E-state index in [0.717, 1.165) is 12.8 Å². The summed E-state index contributed by atoms with van der Waals surface area (Å²) in [7, 11) is 0. The summed E-state index contributed by atoms with van der Waals surface area (Å²) in [6.45, 7) is 0.447. The average molecular weight is 368 g/mol. The molecule has 3 aromatic rings. The summed E-state index contributed by atoms with van der Waals surface area (Å²) in [5.41, 5.74) is 1.42. The van der Waals surface area contributed by atoms with Gasteiger partial charge in [-0.15, -0.1) is 0 Å². The van der Waals surface area contributed by atoms with Gasteiger partial charge in [-0.2, -0.15) is 0 Å². The largest absolute Gasteiger partial charge is 0.394 e. The van der Waals surface area contributed by atoms with E-state index in [9.17, 15) is 18.7 Å². The van der Waals surface area contributed by atoms with Crippen LogP contribution in [0.2, 0.25) is 0 Å². The Bertz CT molecular complexity index is 1000. The van der Waals surface area contributed by atoms with E-state index in [1.165, 1.54) is 18.2 Å². The minimum absolute atomic E-state index is 0.0995. The molecule has 1 N–H and O–H groups in total. The van der Waals surface area contributed by atoms with Crippen molar-refractivity contribution in [2.75, 3.05) is 13.2 Å². The highest BCUT2D eigenvalue weighted by molar-refractivity contribution is 6.07. The summed E-state index contributed by atoms with van der Waals surface area (Å²) < 4.78 is 27.7. The van der Waals surface area contributed by atoms with Gasteiger partial charge < -0.3 is 10.0 Å². The molecule has 1 aliphatic rings. The van der Waals surface area contributed by atoms with E-state index in [2.05, 4.69) is 4.98 Å². The summed E-state index contributed by atoms with van der Waals surface area (Å²) in [5, 5.41) is 9.97. The Morgan fingerprint density at radius 2 is 1.96 bits per heavy atom. The lowest BCUT2D eigenvalue weighted by atomic mass is 10.0. The first-order valence-electron chi connectivity index (χ1n) is 8.85. The number of aliphatic hydroxyl groups is 1. The van der Waals surface area contributed by atoms with Crippen molar-refractivity contribution in [3.8, 4) is 11.3 Å². The number of nitrogens with zero attached hydrogens (tertiary/aromatic N) is 2. The molecule has 6 heteroatoms. The van der Waals surface area contributed by atoms with Crippen LogP contribution in [0.25, 0.3) is 22.2 Å². The molecule has 1 saturated heterocycles. The molecule has 0 bridgehead atoms. The molecule has 1 atom stereocenters. The van der Waals surface area contributed by atoms with Crippen LogP contribution in [0.3, 0.4) is 0 Å². The number of halogens is 2. The zero-order valence-electron chi connectivity index (χ0n) is 14.5. The molecule has 1 amide bonds. The minimum Gasteiger partial charge on any atom is -0.394 e. The second-order valence-corrected chi connectivity index (χ2v) is 6.68.